The zero-order valence-corrected chi connectivity index (χ0v) is 6.26. The minimum absolute atomic E-state index is 0. The summed E-state index contributed by atoms with van der Waals surface area (Å²) in [6.07, 6.45) is 3.75. The largest absolute Gasteiger partial charge is 1.00 e. The molecule has 1 aromatic heterocycles. The summed E-state index contributed by atoms with van der Waals surface area (Å²) >= 11 is 0. The quantitative estimate of drug-likeness (QED) is 0.377. The van der Waals surface area contributed by atoms with Crippen molar-refractivity contribution in [2.45, 2.75) is 0 Å². The predicted molar refractivity (Wildman–Crippen MR) is 22.7 cm³/mol. The van der Waals surface area contributed by atoms with Crippen LogP contribution in [0, 0.1) is 0 Å². The first-order valence-corrected chi connectivity index (χ1v) is 1.58. The van der Waals surface area contributed by atoms with Gasteiger partial charge in [-0.05, 0) is 12.1 Å². The number of rotatable bonds is 0. The summed E-state index contributed by atoms with van der Waals surface area (Å²) < 4.78 is 0. The van der Waals surface area contributed by atoms with Crippen LogP contribution in [-0.4, -0.2) is 10.5 Å². The third-order valence-electron chi connectivity index (χ3n) is 0.496. The molecule has 0 unspecified atom stereocenters. The zero-order chi connectivity index (χ0) is 3.54. The molecule has 0 amide bonds. The number of hydrogen-bond donors (Lipinski definition) is 1. The molecule has 7 heavy (non-hydrogen) atoms. The van der Waals surface area contributed by atoms with Gasteiger partial charge >= 0.3 is 29.6 Å². The Morgan fingerprint density at radius 3 is 1.57 bits per heavy atom. The molecular formula is C4H6NNaO. The summed E-state index contributed by atoms with van der Waals surface area (Å²) in [6.45, 7) is 0. The smallest absolute Gasteiger partial charge is 0.870 e. The first-order chi connectivity index (χ1) is 2.50. The molecule has 1 heterocycles. The van der Waals surface area contributed by atoms with Gasteiger partial charge in [-0.25, -0.2) is 0 Å². The third-order valence-corrected chi connectivity index (χ3v) is 0.496. The summed E-state index contributed by atoms with van der Waals surface area (Å²) in [5, 5.41) is 0. The predicted octanol–water partition coefficient (Wildman–Crippen LogP) is -2.16. The molecule has 0 aliphatic rings. The molecule has 2 nitrogen and oxygen atoms in total. The number of H-pyrrole nitrogens is 1. The van der Waals surface area contributed by atoms with E-state index in [1.807, 2.05) is 24.5 Å². The third kappa shape index (κ3) is 4.09. The second kappa shape index (κ2) is 6.24. The van der Waals surface area contributed by atoms with Crippen LogP contribution in [0.5, 0.6) is 0 Å². The average Bonchev–Trinajstić information content (AvgIpc) is 1.76. The molecule has 0 fully saturated rings. The summed E-state index contributed by atoms with van der Waals surface area (Å²) in [5.74, 6) is 0. The standard InChI is InChI=1S/C4H5N.Na.H2O/c1-2-4-5-3-1;;/h1-5H;;1H2/q;+1;/p-1. The Labute approximate surface area is 64.5 Å². The Hall–Kier alpha value is 0.240. The van der Waals surface area contributed by atoms with Crippen LogP contribution in [0.4, 0.5) is 0 Å². The van der Waals surface area contributed by atoms with E-state index in [9.17, 15) is 0 Å². The second-order valence-corrected chi connectivity index (χ2v) is 0.885. The average molecular weight is 107 g/mol. The Bertz CT molecular complexity index is 68.2. The van der Waals surface area contributed by atoms with Crippen molar-refractivity contribution in [2.24, 2.45) is 0 Å². The SMILES string of the molecule is [Na+].[OH-].c1cc[nH]c1. The maximum atomic E-state index is 2.86. The molecule has 3 heteroatoms. The molecule has 0 bridgehead atoms. The first-order valence-electron chi connectivity index (χ1n) is 1.58. The fourth-order valence-electron chi connectivity index (χ4n) is 0.278. The summed E-state index contributed by atoms with van der Waals surface area (Å²) in [6, 6.07) is 3.89. The van der Waals surface area contributed by atoms with Gasteiger partial charge in [-0.2, -0.15) is 0 Å². The van der Waals surface area contributed by atoms with E-state index in [1.165, 1.54) is 0 Å². The maximum absolute atomic E-state index is 2.86. The van der Waals surface area contributed by atoms with Crippen molar-refractivity contribution in [3.63, 3.8) is 0 Å². The van der Waals surface area contributed by atoms with Crippen molar-refractivity contribution in [3.05, 3.63) is 24.5 Å². The van der Waals surface area contributed by atoms with Gasteiger partial charge in [-0.3, -0.25) is 0 Å². The van der Waals surface area contributed by atoms with Crippen LogP contribution in [0.3, 0.4) is 0 Å². The molecule has 2 N–H and O–H groups in total. The molecule has 0 saturated carbocycles. The molecule has 1 rings (SSSR count). The molecule has 0 atom stereocenters. The van der Waals surface area contributed by atoms with Crippen molar-refractivity contribution in [3.8, 4) is 0 Å². The molecule has 1 aromatic rings. The van der Waals surface area contributed by atoms with Gasteiger partial charge in [0.15, 0.2) is 0 Å². The van der Waals surface area contributed by atoms with E-state index in [0.29, 0.717) is 0 Å². The first kappa shape index (κ1) is 10.3. The second-order valence-electron chi connectivity index (χ2n) is 0.885. The summed E-state index contributed by atoms with van der Waals surface area (Å²) in [7, 11) is 0. The van der Waals surface area contributed by atoms with E-state index in [2.05, 4.69) is 4.98 Å². The van der Waals surface area contributed by atoms with Gasteiger partial charge in [0.25, 0.3) is 0 Å². The van der Waals surface area contributed by atoms with Crippen molar-refractivity contribution >= 4 is 0 Å². The van der Waals surface area contributed by atoms with Crippen molar-refractivity contribution < 1.29 is 35.0 Å². The van der Waals surface area contributed by atoms with E-state index in [4.69, 9.17) is 0 Å². The van der Waals surface area contributed by atoms with Gasteiger partial charge in [0.1, 0.15) is 0 Å². The van der Waals surface area contributed by atoms with Crippen molar-refractivity contribution in [1.29, 1.82) is 0 Å². The van der Waals surface area contributed by atoms with Crippen LogP contribution in [0.15, 0.2) is 24.5 Å². The topological polar surface area (TPSA) is 45.8 Å². The van der Waals surface area contributed by atoms with Gasteiger partial charge in [-0.1, -0.05) is 0 Å². The number of aromatic nitrogens is 1. The molecular weight excluding hydrogens is 101 g/mol. The molecule has 34 valence electrons. The van der Waals surface area contributed by atoms with E-state index >= 15 is 0 Å². The minimum atomic E-state index is 0. The van der Waals surface area contributed by atoms with Gasteiger partial charge in [0.05, 0.1) is 0 Å². The van der Waals surface area contributed by atoms with Crippen LogP contribution < -0.4 is 29.6 Å². The number of hydrogen-bond acceptors (Lipinski definition) is 1. The monoisotopic (exact) mass is 107 g/mol. The van der Waals surface area contributed by atoms with E-state index in [0.717, 1.165) is 0 Å². The zero-order valence-electron chi connectivity index (χ0n) is 4.26. The fraction of sp³-hybridized carbons (Fsp3) is 0. The number of nitrogens with one attached hydrogen (secondary N) is 1. The fourth-order valence-corrected chi connectivity index (χ4v) is 0.278. The maximum Gasteiger partial charge on any atom is 1.00 e. The van der Waals surface area contributed by atoms with E-state index in [1.54, 1.807) is 0 Å². The van der Waals surface area contributed by atoms with Gasteiger partial charge in [0, 0.05) is 12.4 Å². The van der Waals surface area contributed by atoms with Crippen LogP contribution in [0.2, 0.25) is 0 Å². The Morgan fingerprint density at radius 1 is 1.00 bits per heavy atom. The van der Waals surface area contributed by atoms with Gasteiger partial charge in [-0.15, -0.1) is 0 Å². The normalized spacial score (nSPS) is 5.71. The van der Waals surface area contributed by atoms with E-state index in [-0.39, 0.29) is 35.0 Å². The van der Waals surface area contributed by atoms with Crippen LogP contribution >= 0.6 is 0 Å². The molecule has 0 aliphatic heterocycles. The Kier molecular flexibility index (Phi) is 9.15. The van der Waals surface area contributed by atoms with Crippen molar-refractivity contribution in [1.82, 2.24) is 4.98 Å². The van der Waals surface area contributed by atoms with Gasteiger partial charge < -0.3 is 10.5 Å². The van der Waals surface area contributed by atoms with E-state index < -0.39 is 0 Å². The van der Waals surface area contributed by atoms with Crippen molar-refractivity contribution in [2.75, 3.05) is 0 Å². The molecule has 0 radical (unpaired) electrons. The van der Waals surface area contributed by atoms with Gasteiger partial charge in [0.2, 0.25) is 0 Å². The van der Waals surface area contributed by atoms with Crippen LogP contribution in [0.25, 0.3) is 0 Å². The summed E-state index contributed by atoms with van der Waals surface area (Å²) in [5.41, 5.74) is 0. The minimum Gasteiger partial charge on any atom is -0.870 e. The van der Waals surface area contributed by atoms with Crippen LogP contribution in [-0.2, 0) is 0 Å². The Balaban J connectivity index is 0. The van der Waals surface area contributed by atoms with Crippen LogP contribution in [0.1, 0.15) is 0 Å². The molecule has 0 saturated heterocycles. The molecule has 0 spiro atoms. The summed E-state index contributed by atoms with van der Waals surface area (Å²) in [4.78, 5) is 2.86. The number of aromatic amines is 1. The Morgan fingerprint density at radius 2 is 1.43 bits per heavy atom. The molecule has 0 aromatic carbocycles. The molecule has 0 aliphatic carbocycles.